The number of rotatable bonds is 8. The summed E-state index contributed by atoms with van der Waals surface area (Å²) in [4.78, 5) is 16.3. The quantitative estimate of drug-likeness (QED) is 0.354. The molecule has 2 heterocycles. The van der Waals surface area contributed by atoms with E-state index in [9.17, 15) is 4.79 Å². The molecular weight excluding hydrogens is 504 g/mol. The van der Waals surface area contributed by atoms with Gasteiger partial charge in [0.05, 0.1) is 5.56 Å². The number of halogens is 1. The molecule has 2 unspecified atom stereocenters. The van der Waals surface area contributed by atoms with Crippen LogP contribution in [0.1, 0.15) is 47.2 Å². The molecule has 2 fully saturated rings. The Bertz CT molecular complexity index is 1130. The Labute approximate surface area is 215 Å². The van der Waals surface area contributed by atoms with Gasteiger partial charge in [-0.3, -0.25) is 9.80 Å². The topological polar surface area (TPSA) is 53.0 Å². The maximum Gasteiger partial charge on any atom is 0.335 e. The molecule has 0 aliphatic carbocycles. The highest BCUT2D eigenvalue weighted by molar-refractivity contribution is 9.10. The van der Waals surface area contributed by atoms with Gasteiger partial charge < -0.3 is 9.84 Å². The van der Waals surface area contributed by atoms with Gasteiger partial charge in [-0.1, -0.05) is 40.2 Å². The smallest absolute Gasteiger partial charge is 0.335 e. The molecule has 2 aliphatic rings. The van der Waals surface area contributed by atoms with E-state index < -0.39 is 5.97 Å². The van der Waals surface area contributed by atoms with Crippen LogP contribution in [0.5, 0.6) is 11.5 Å². The summed E-state index contributed by atoms with van der Waals surface area (Å²) >= 11 is 3.45. The van der Waals surface area contributed by atoms with E-state index in [1.807, 2.05) is 48.5 Å². The summed E-state index contributed by atoms with van der Waals surface area (Å²) in [6.45, 7) is 1.84. The van der Waals surface area contributed by atoms with Crippen molar-refractivity contribution in [2.75, 3.05) is 7.05 Å². The van der Waals surface area contributed by atoms with E-state index in [-0.39, 0.29) is 0 Å². The molecule has 2 atom stereocenters. The summed E-state index contributed by atoms with van der Waals surface area (Å²) in [5.41, 5.74) is 2.85. The first-order valence-corrected chi connectivity index (χ1v) is 13.0. The van der Waals surface area contributed by atoms with Crippen molar-refractivity contribution < 1.29 is 14.6 Å². The number of ether oxygens (including phenoxy) is 1. The Balaban J connectivity index is 1.15. The Morgan fingerprint density at radius 1 is 0.914 bits per heavy atom. The SMILES string of the molecule is CN(Cc1ccc(Oc2ccc(Br)cc2)cc1)C1CC2CCC(C1)N2Cc1ccc(C(=O)O)cc1. The highest BCUT2D eigenvalue weighted by Gasteiger charge is 2.41. The molecule has 1 N–H and O–H groups in total. The monoisotopic (exact) mass is 534 g/mol. The third kappa shape index (κ3) is 5.77. The number of carbonyl (C=O) groups is 1. The summed E-state index contributed by atoms with van der Waals surface area (Å²) in [7, 11) is 2.25. The van der Waals surface area contributed by atoms with E-state index in [4.69, 9.17) is 9.84 Å². The predicted octanol–water partition coefficient (Wildman–Crippen LogP) is 6.57. The molecule has 0 saturated carbocycles. The number of nitrogens with zero attached hydrogens (tertiary/aromatic N) is 2. The lowest BCUT2D eigenvalue weighted by atomic mass is 9.95. The third-order valence-corrected chi connectivity index (χ3v) is 7.98. The van der Waals surface area contributed by atoms with Crippen LogP contribution in [0.2, 0.25) is 0 Å². The van der Waals surface area contributed by atoms with E-state index in [0.29, 0.717) is 23.7 Å². The lowest BCUT2D eigenvalue weighted by Gasteiger charge is -2.42. The van der Waals surface area contributed by atoms with Gasteiger partial charge in [0.15, 0.2) is 0 Å². The van der Waals surface area contributed by atoms with Crippen LogP contribution < -0.4 is 4.74 Å². The van der Waals surface area contributed by atoms with Crippen molar-refractivity contribution in [3.8, 4) is 11.5 Å². The molecule has 0 spiro atoms. The Kier molecular flexibility index (Phi) is 7.23. The van der Waals surface area contributed by atoms with Gasteiger partial charge in [-0.05, 0) is 92.4 Å². The molecule has 0 aromatic heterocycles. The van der Waals surface area contributed by atoms with E-state index >= 15 is 0 Å². The maximum absolute atomic E-state index is 11.1. The number of piperidine rings is 1. The number of carboxylic acid groups (broad SMARTS) is 1. The van der Waals surface area contributed by atoms with Gasteiger partial charge >= 0.3 is 5.97 Å². The highest BCUT2D eigenvalue weighted by atomic mass is 79.9. The standard InChI is InChI=1S/C29H31BrN2O3/c1-31(18-20-4-12-27(13-5-20)35-28-14-8-23(30)9-15-28)26-16-24-10-11-25(17-26)32(24)19-21-2-6-22(7-3-21)29(33)34/h2-9,12-15,24-26H,10-11,16-19H2,1H3,(H,33,34). The lowest BCUT2D eigenvalue weighted by Crippen LogP contribution is -2.48. The van der Waals surface area contributed by atoms with Crippen molar-refractivity contribution in [2.45, 2.75) is 56.9 Å². The average molecular weight is 535 g/mol. The van der Waals surface area contributed by atoms with Crippen LogP contribution in [0.25, 0.3) is 0 Å². The first kappa shape index (κ1) is 24.0. The molecule has 35 heavy (non-hydrogen) atoms. The van der Waals surface area contributed by atoms with Gasteiger partial charge in [-0.15, -0.1) is 0 Å². The van der Waals surface area contributed by atoms with Gasteiger partial charge in [-0.25, -0.2) is 4.79 Å². The largest absolute Gasteiger partial charge is 0.478 e. The molecule has 182 valence electrons. The van der Waals surface area contributed by atoms with Crippen LogP contribution >= 0.6 is 15.9 Å². The molecule has 5 nitrogen and oxygen atoms in total. The first-order valence-electron chi connectivity index (χ1n) is 12.2. The second-order valence-electron chi connectivity index (χ2n) is 9.80. The Hall–Kier alpha value is -2.67. The first-order chi connectivity index (χ1) is 16.9. The number of benzene rings is 3. The summed E-state index contributed by atoms with van der Waals surface area (Å²) in [6.07, 6.45) is 4.88. The minimum atomic E-state index is -0.868. The zero-order valence-electron chi connectivity index (χ0n) is 19.9. The fraction of sp³-hybridized carbons (Fsp3) is 0.345. The number of carboxylic acids is 1. The van der Waals surface area contributed by atoms with E-state index in [2.05, 4.69) is 44.9 Å². The van der Waals surface area contributed by atoms with Gasteiger partial charge in [-0.2, -0.15) is 0 Å². The summed E-state index contributed by atoms with van der Waals surface area (Å²) in [5.74, 6) is 0.812. The van der Waals surface area contributed by atoms with Crippen LogP contribution in [0, 0.1) is 0 Å². The Morgan fingerprint density at radius 2 is 1.46 bits per heavy atom. The van der Waals surface area contributed by atoms with Crippen LogP contribution in [-0.4, -0.2) is 46.0 Å². The van der Waals surface area contributed by atoms with Crippen LogP contribution in [0.4, 0.5) is 0 Å². The van der Waals surface area contributed by atoms with Crippen molar-refractivity contribution in [1.82, 2.24) is 9.80 Å². The number of fused-ring (bicyclic) bond motifs is 2. The lowest BCUT2D eigenvalue weighted by molar-refractivity contribution is 0.0621. The number of aromatic carboxylic acids is 1. The summed E-state index contributed by atoms with van der Waals surface area (Å²) < 4.78 is 6.99. The molecule has 2 bridgehead atoms. The van der Waals surface area contributed by atoms with E-state index in [1.54, 1.807) is 12.1 Å². The molecule has 0 amide bonds. The fourth-order valence-corrected chi connectivity index (χ4v) is 5.81. The normalized spacial score (nSPS) is 21.9. The van der Waals surface area contributed by atoms with Crippen LogP contribution in [-0.2, 0) is 13.1 Å². The number of hydrogen-bond acceptors (Lipinski definition) is 4. The minimum Gasteiger partial charge on any atom is -0.478 e. The van der Waals surface area contributed by atoms with Crippen LogP contribution in [0.15, 0.2) is 77.3 Å². The van der Waals surface area contributed by atoms with Gasteiger partial charge in [0.25, 0.3) is 0 Å². The number of hydrogen-bond donors (Lipinski definition) is 1. The molecule has 2 aliphatic heterocycles. The summed E-state index contributed by atoms with van der Waals surface area (Å²) in [5, 5.41) is 9.14. The van der Waals surface area contributed by atoms with Crippen molar-refractivity contribution in [2.24, 2.45) is 0 Å². The van der Waals surface area contributed by atoms with Crippen molar-refractivity contribution in [3.05, 3.63) is 94.0 Å². The summed E-state index contributed by atoms with van der Waals surface area (Å²) in [6, 6.07) is 25.4. The fourth-order valence-electron chi connectivity index (χ4n) is 5.55. The van der Waals surface area contributed by atoms with Crippen molar-refractivity contribution in [1.29, 1.82) is 0 Å². The molecule has 0 radical (unpaired) electrons. The maximum atomic E-state index is 11.1. The van der Waals surface area contributed by atoms with Crippen LogP contribution in [0.3, 0.4) is 0 Å². The molecule has 2 saturated heterocycles. The van der Waals surface area contributed by atoms with Gasteiger partial charge in [0.2, 0.25) is 0 Å². The molecule has 6 heteroatoms. The zero-order valence-corrected chi connectivity index (χ0v) is 21.5. The molecular formula is C29H31BrN2O3. The van der Waals surface area contributed by atoms with Crippen molar-refractivity contribution >= 4 is 21.9 Å². The zero-order chi connectivity index (χ0) is 24.4. The van der Waals surface area contributed by atoms with Crippen molar-refractivity contribution in [3.63, 3.8) is 0 Å². The highest BCUT2D eigenvalue weighted by Crippen LogP contribution is 2.38. The average Bonchev–Trinajstić information content (AvgIpc) is 3.08. The van der Waals surface area contributed by atoms with E-state index in [1.165, 1.54) is 36.8 Å². The molecule has 5 rings (SSSR count). The van der Waals surface area contributed by atoms with E-state index in [0.717, 1.165) is 29.1 Å². The molecule has 3 aromatic carbocycles. The predicted molar refractivity (Wildman–Crippen MR) is 141 cm³/mol. The molecule has 3 aromatic rings. The second kappa shape index (κ2) is 10.5. The van der Waals surface area contributed by atoms with Gasteiger partial charge in [0.1, 0.15) is 11.5 Å². The second-order valence-corrected chi connectivity index (χ2v) is 10.7. The Morgan fingerprint density at radius 3 is 2.03 bits per heavy atom. The third-order valence-electron chi connectivity index (χ3n) is 7.45. The minimum absolute atomic E-state index is 0.352. The van der Waals surface area contributed by atoms with Gasteiger partial charge in [0, 0.05) is 35.7 Å².